The SMILES string of the molecule is C#CCC(C)Nc1ccnc(N)n1. The first-order valence-corrected chi connectivity index (χ1v) is 4.01. The van der Waals surface area contributed by atoms with Crippen molar-refractivity contribution >= 4 is 11.8 Å². The second-order valence-corrected chi connectivity index (χ2v) is 2.75. The Kier molecular flexibility index (Phi) is 3.09. The molecule has 0 aliphatic carbocycles. The zero-order valence-corrected chi connectivity index (χ0v) is 7.49. The lowest BCUT2D eigenvalue weighted by atomic mass is 10.2. The lowest BCUT2D eigenvalue weighted by Gasteiger charge is -2.10. The van der Waals surface area contributed by atoms with Gasteiger partial charge in [0, 0.05) is 18.7 Å². The smallest absolute Gasteiger partial charge is 0.221 e. The van der Waals surface area contributed by atoms with Gasteiger partial charge in [-0.1, -0.05) is 0 Å². The molecule has 0 aliphatic rings. The molecule has 0 bridgehead atoms. The molecular weight excluding hydrogens is 164 g/mol. The van der Waals surface area contributed by atoms with Crippen molar-refractivity contribution in [2.45, 2.75) is 19.4 Å². The molecule has 0 fully saturated rings. The molecular formula is C9H12N4. The summed E-state index contributed by atoms with van der Waals surface area (Å²) in [7, 11) is 0. The van der Waals surface area contributed by atoms with Gasteiger partial charge < -0.3 is 11.1 Å². The van der Waals surface area contributed by atoms with Crippen molar-refractivity contribution in [2.24, 2.45) is 0 Å². The molecule has 0 aliphatic heterocycles. The van der Waals surface area contributed by atoms with Gasteiger partial charge in [-0.25, -0.2) is 4.98 Å². The molecule has 4 nitrogen and oxygen atoms in total. The molecule has 0 amide bonds. The molecule has 13 heavy (non-hydrogen) atoms. The van der Waals surface area contributed by atoms with Gasteiger partial charge in [0.15, 0.2) is 0 Å². The predicted molar refractivity (Wildman–Crippen MR) is 53.0 cm³/mol. The number of terminal acetylenes is 1. The molecule has 1 atom stereocenters. The van der Waals surface area contributed by atoms with E-state index in [4.69, 9.17) is 12.2 Å². The van der Waals surface area contributed by atoms with E-state index >= 15 is 0 Å². The third-order valence-corrected chi connectivity index (χ3v) is 1.49. The number of aromatic nitrogens is 2. The number of anilines is 2. The van der Waals surface area contributed by atoms with Gasteiger partial charge in [-0.2, -0.15) is 4.98 Å². The van der Waals surface area contributed by atoms with Gasteiger partial charge in [-0.05, 0) is 13.0 Å². The Balaban J connectivity index is 2.59. The highest BCUT2D eigenvalue weighted by Crippen LogP contribution is 2.05. The second kappa shape index (κ2) is 4.31. The minimum absolute atomic E-state index is 0.194. The Bertz CT molecular complexity index is 316. The van der Waals surface area contributed by atoms with Gasteiger partial charge in [-0.3, -0.25) is 0 Å². The highest BCUT2D eigenvalue weighted by atomic mass is 15.1. The second-order valence-electron chi connectivity index (χ2n) is 2.75. The Labute approximate surface area is 77.6 Å². The topological polar surface area (TPSA) is 63.8 Å². The van der Waals surface area contributed by atoms with Crippen molar-refractivity contribution in [2.75, 3.05) is 11.1 Å². The quantitative estimate of drug-likeness (QED) is 0.671. The number of hydrogen-bond donors (Lipinski definition) is 2. The Morgan fingerprint density at radius 2 is 2.54 bits per heavy atom. The number of nitrogens with two attached hydrogens (primary N) is 1. The maximum Gasteiger partial charge on any atom is 0.221 e. The molecule has 1 unspecified atom stereocenters. The number of nitrogens with one attached hydrogen (secondary N) is 1. The fraction of sp³-hybridized carbons (Fsp3) is 0.333. The lowest BCUT2D eigenvalue weighted by Crippen LogP contribution is -2.15. The van der Waals surface area contributed by atoms with Gasteiger partial charge in [0.1, 0.15) is 5.82 Å². The van der Waals surface area contributed by atoms with Gasteiger partial charge in [0.2, 0.25) is 5.95 Å². The van der Waals surface area contributed by atoms with Crippen LogP contribution in [0.5, 0.6) is 0 Å². The maximum atomic E-state index is 5.41. The molecule has 0 saturated heterocycles. The van der Waals surface area contributed by atoms with Crippen molar-refractivity contribution in [1.29, 1.82) is 0 Å². The van der Waals surface area contributed by atoms with Crippen LogP contribution in [-0.4, -0.2) is 16.0 Å². The van der Waals surface area contributed by atoms with E-state index < -0.39 is 0 Å². The Hall–Kier alpha value is -1.76. The summed E-state index contributed by atoms with van der Waals surface area (Å²) in [6.45, 7) is 1.98. The summed E-state index contributed by atoms with van der Waals surface area (Å²) in [6, 6.07) is 1.95. The lowest BCUT2D eigenvalue weighted by molar-refractivity contribution is 0.821. The maximum absolute atomic E-state index is 5.41. The number of hydrogen-bond acceptors (Lipinski definition) is 4. The van der Waals surface area contributed by atoms with Crippen molar-refractivity contribution in [3.63, 3.8) is 0 Å². The van der Waals surface area contributed by atoms with Crippen molar-refractivity contribution in [3.05, 3.63) is 12.3 Å². The molecule has 68 valence electrons. The molecule has 0 radical (unpaired) electrons. The van der Waals surface area contributed by atoms with E-state index in [1.807, 2.05) is 6.92 Å². The van der Waals surface area contributed by atoms with Crippen LogP contribution in [-0.2, 0) is 0 Å². The molecule has 0 spiro atoms. The minimum atomic E-state index is 0.194. The molecule has 0 saturated carbocycles. The predicted octanol–water partition coefficient (Wildman–Crippen LogP) is 0.883. The van der Waals surface area contributed by atoms with Crippen LogP contribution in [0.25, 0.3) is 0 Å². The Morgan fingerprint density at radius 1 is 1.77 bits per heavy atom. The van der Waals surface area contributed by atoms with Gasteiger partial charge in [0.25, 0.3) is 0 Å². The van der Waals surface area contributed by atoms with Crippen LogP contribution in [0.3, 0.4) is 0 Å². The van der Waals surface area contributed by atoms with Crippen LogP contribution in [0.4, 0.5) is 11.8 Å². The molecule has 0 aromatic carbocycles. The molecule has 1 rings (SSSR count). The fourth-order valence-corrected chi connectivity index (χ4v) is 0.934. The van der Waals surface area contributed by atoms with E-state index in [1.54, 1.807) is 12.3 Å². The summed E-state index contributed by atoms with van der Waals surface area (Å²) in [6.07, 6.45) is 7.43. The largest absolute Gasteiger partial charge is 0.368 e. The van der Waals surface area contributed by atoms with Crippen LogP contribution < -0.4 is 11.1 Å². The fourth-order valence-electron chi connectivity index (χ4n) is 0.934. The number of nitrogens with zero attached hydrogens (tertiary/aromatic N) is 2. The van der Waals surface area contributed by atoms with Crippen LogP contribution in [0.2, 0.25) is 0 Å². The molecule has 1 aromatic rings. The first-order chi connectivity index (χ1) is 6.22. The average Bonchev–Trinajstić information content (AvgIpc) is 2.04. The average molecular weight is 176 g/mol. The monoisotopic (exact) mass is 176 g/mol. The zero-order chi connectivity index (χ0) is 9.68. The van der Waals surface area contributed by atoms with Crippen molar-refractivity contribution < 1.29 is 0 Å². The highest BCUT2D eigenvalue weighted by Gasteiger charge is 2.00. The van der Waals surface area contributed by atoms with Gasteiger partial charge in [-0.15, -0.1) is 12.3 Å². The highest BCUT2D eigenvalue weighted by molar-refractivity contribution is 5.38. The van der Waals surface area contributed by atoms with Crippen LogP contribution >= 0.6 is 0 Å². The third-order valence-electron chi connectivity index (χ3n) is 1.49. The normalized spacial score (nSPS) is 11.7. The first-order valence-electron chi connectivity index (χ1n) is 4.01. The molecule has 4 heteroatoms. The number of rotatable bonds is 3. The van der Waals surface area contributed by atoms with Crippen molar-refractivity contribution in [1.82, 2.24) is 9.97 Å². The van der Waals surface area contributed by atoms with Crippen LogP contribution in [0, 0.1) is 12.3 Å². The summed E-state index contributed by atoms with van der Waals surface area (Å²) in [5.74, 6) is 3.53. The minimum Gasteiger partial charge on any atom is -0.368 e. The summed E-state index contributed by atoms with van der Waals surface area (Å²) in [5.41, 5.74) is 5.41. The zero-order valence-electron chi connectivity index (χ0n) is 7.49. The van der Waals surface area contributed by atoms with E-state index in [0.29, 0.717) is 12.2 Å². The van der Waals surface area contributed by atoms with Gasteiger partial charge >= 0.3 is 0 Å². The molecule has 1 heterocycles. The van der Waals surface area contributed by atoms with Crippen LogP contribution in [0.15, 0.2) is 12.3 Å². The number of nitrogen functional groups attached to an aromatic ring is 1. The summed E-state index contributed by atoms with van der Waals surface area (Å²) < 4.78 is 0. The van der Waals surface area contributed by atoms with E-state index in [-0.39, 0.29) is 12.0 Å². The van der Waals surface area contributed by atoms with E-state index in [1.165, 1.54) is 0 Å². The van der Waals surface area contributed by atoms with E-state index in [2.05, 4.69) is 21.2 Å². The summed E-state index contributed by atoms with van der Waals surface area (Å²) in [5, 5.41) is 3.11. The standard InChI is InChI=1S/C9H12N4/c1-3-4-7(2)12-8-5-6-11-9(10)13-8/h1,5-7H,4H2,2H3,(H3,10,11,12,13). The van der Waals surface area contributed by atoms with Crippen LogP contribution in [0.1, 0.15) is 13.3 Å². The third kappa shape index (κ3) is 2.99. The Morgan fingerprint density at radius 3 is 3.15 bits per heavy atom. The van der Waals surface area contributed by atoms with Gasteiger partial charge in [0.05, 0.1) is 0 Å². The summed E-state index contributed by atoms with van der Waals surface area (Å²) >= 11 is 0. The summed E-state index contributed by atoms with van der Waals surface area (Å²) in [4.78, 5) is 7.76. The molecule has 3 N–H and O–H groups in total. The van der Waals surface area contributed by atoms with E-state index in [9.17, 15) is 0 Å². The van der Waals surface area contributed by atoms with Crippen molar-refractivity contribution in [3.8, 4) is 12.3 Å². The molecule has 1 aromatic heterocycles. The first kappa shape index (κ1) is 9.33. The van der Waals surface area contributed by atoms with E-state index in [0.717, 1.165) is 0 Å².